The molecule has 0 bridgehead atoms. The Morgan fingerprint density at radius 2 is 1.46 bits per heavy atom. The second kappa shape index (κ2) is 6.10. The lowest BCUT2D eigenvalue weighted by atomic mass is 9.61. The van der Waals surface area contributed by atoms with E-state index < -0.39 is 53.5 Å². The van der Waals surface area contributed by atoms with Crippen LogP contribution in [0.2, 0.25) is 0 Å². The Morgan fingerprint density at radius 3 is 1.88 bits per heavy atom. The van der Waals surface area contributed by atoms with Gasteiger partial charge >= 0.3 is 23.9 Å². The number of carboxylic acids is 4. The summed E-state index contributed by atoms with van der Waals surface area (Å²) in [5, 5.41) is 37.7. The Hall–Kier alpha value is -2.64. The summed E-state index contributed by atoms with van der Waals surface area (Å²) >= 11 is 0. The van der Waals surface area contributed by atoms with Crippen LogP contribution in [-0.2, 0) is 19.2 Å². The standard InChI is InChI=1S/C16H18O8/c1-5-3-7(13(17)18)12(16(23)24)10-6(2)4-8(14(19)20)11(9(5)10)15(21)22/h3,6-8,11-12H,4H2,1-2H3,(H,17,18)(H,19,20)(H,21,22)(H,23,24). The fraction of sp³-hybridized carbons (Fsp3) is 0.500. The maximum atomic E-state index is 11.7. The highest BCUT2D eigenvalue weighted by Crippen LogP contribution is 2.49. The van der Waals surface area contributed by atoms with Crippen LogP contribution in [0, 0.1) is 29.6 Å². The van der Waals surface area contributed by atoms with Crippen LogP contribution in [0.5, 0.6) is 0 Å². The zero-order valence-corrected chi connectivity index (χ0v) is 13.1. The minimum atomic E-state index is -1.40. The second-order valence-corrected chi connectivity index (χ2v) is 6.30. The molecule has 0 spiro atoms. The van der Waals surface area contributed by atoms with Crippen LogP contribution in [0.1, 0.15) is 20.3 Å². The number of hydrogen-bond donors (Lipinski definition) is 4. The maximum absolute atomic E-state index is 11.7. The third-order valence-electron chi connectivity index (χ3n) is 4.85. The first-order valence-corrected chi connectivity index (χ1v) is 7.41. The zero-order valence-electron chi connectivity index (χ0n) is 13.1. The van der Waals surface area contributed by atoms with Gasteiger partial charge in [0, 0.05) is 0 Å². The van der Waals surface area contributed by atoms with E-state index in [1.807, 2.05) is 0 Å². The molecule has 2 rings (SSSR count). The third kappa shape index (κ3) is 2.68. The van der Waals surface area contributed by atoms with Gasteiger partial charge in [-0.15, -0.1) is 0 Å². The molecule has 24 heavy (non-hydrogen) atoms. The molecular formula is C16H18O8. The minimum absolute atomic E-state index is 0.0471. The van der Waals surface area contributed by atoms with E-state index in [-0.39, 0.29) is 17.6 Å². The molecule has 0 saturated carbocycles. The fourth-order valence-electron chi connectivity index (χ4n) is 3.93. The molecule has 4 N–H and O–H groups in total. The lowest BCUT2D eigenvalue weighted by Crippen LogP contribution is -2.44. The van der Waals surface area contributed by atoms with E-state index in [4.69, 9.17) is 0 Å². The molecule has 0 heterocycles. The summed E-state index contributed by atoms with van der Waals surface area (Å²) in [5.41, 5.74) is 0.693. The number of carbonyl (C=O) groups is 4. The van der Waals surface area contributed by atoms with Crippen molar-refractivity contribution in [3.8, 4) is 0 Å². The van der Waals surface area contributed by atoms with Gasteiger partial charge in [-0.05, 0) is 30.4 Å². The molecule has 0 aliphatic heterocycles. The van der Waals surface area contributed by atoms with Gasteiger partial charge in [-0.2, -0.15) is 0 Å². The number of rotatable bonds is 4. The van der Waals surface area contributed by atoms with Crippen molar-refractivity contribution in [3.63, 3.8) is 0 Å². The molecule has 0 aromatic carbocycles. The summed E-state index contributed by atoms with van der Waals surface area (Å²) in [6, 6.07) is 0. The summed E-state index contributed by atoms with van der Waals surface area (Å²) in [4.78, 5) is 46.3. The number of allylic oxidation sites excluding steroid dienone is 1. The third-order valence-corrected chi connectivity index (χ3v) is 4.85. The Labute approximate surface area is 137 Å². The van der Waals surface area contributed by atoms with E-state index in [9.17, 15) is 39.6 Å². The molecular weight excluding hydrogens is 320 g/mol. The first kappa shape index (κ1) is 17.7. The van der Waals surface area contributed by atoms with E-state index >= 15 is 0 Å². The van der Waals surface area contributed by atoms with Gasteiger partial charge < -0.3 is 20.4 Å². The van der Waals surface area contributed by atoms with Gasteiger partial charge in [-0.1, -0.05) is 18.6 Å². The number of hydrogen-bond acceptors (Lipinski definition) is 4. The predicted molar refractivity (Wildman–Crippen MR) is 79.1 cm³/mol. The van der Waals surface area contributed by atoms with Gasteiger partial charge in [-0.25, -0.2) is 0 Å². The second-order valence-electron chi connectivity index (χ2n) is 6.30. The molecule has 5 atom stereocenters. The number of carboxylic acid groups (broad SMARTS) is 4. The van der Waals surface area contributed by atoms with Gasteiger partial charge in [0.1, 0.15) is 0 Å². The molecule has 0 fully saturated rings. The topological polar surface area (TPSA) is 149 Å². The van der Waals surface area contributed by atoms with Gasteiger partial charge in [0.25, 0.3) is 0 Å². The van der Waals surface area contributed by atoms with Crippen molar-refractivity contribution in [2.24, 2.45) is 29.6 Å². The Kier molecular flexibility index (Phi) is 4.50. The van der Waals surface area contributed by atoms with Gasteiger partial charge in [0.05, 0.1) is 23.7 Å². The summed E-state index contributed by atoms with van der Waals surface area (Å²) in [5.74, 6) is -11.1. The largest absolute Gasteiger partial charge is 0.481 e. The highest BCUT2D eigenvalue weighted by Gasteiger charge is 2.50. The van der Waals surface area contributed by atoms with Crippen LogP contribution in [0.25, 0.3) is 0 Å². The van der Waals surface area contributed by atoms with E-state index in [1.165, 1.54) is 13.0 Å². The molecule has 8 nitrogen and oxygen atoms in total. The summed E-state index contributed by atoms with van der Waals surface area (Å²) in [7, 11) is 0. The maximum Gasteiger partial charge on any atom is 0.311 e. The van der Waals surface area contributed by atoms with Crippen molar-refractivity contribution in [2.75, 3.05) is 0 Å². The Bertz CT molecular complexity index is 686. The molecule has 0 saturated heterocycles. The van der Waals surface area contributed by atoms with Gasteiger partial charge in [-0.3, -0.25) is 19.2 Å². The summed E-state index contributed by atoms with van der Waals surface area (Å²) < 4.78 is 0. The highest BCUT2D eigenvalue weighted by molar-refractivity contribution is 5.89. The van der Waals surface area contributed by atoms with Crippen LogP contribution in [0.3, 0.4) is 0 Å². The summed E-state index contributed by atoms with van der Waals surface area (Å²) in [6.07, 6.45) is 1.17. The van der Waals surface area contributed by atoms with Crippen LogP contribution in [-0.4, -0.2) is 44.3 Å². The Morgan fingerprint density at radius 1 is 0.917 bits per heavy atom. The molecule has 0 amide bonds. The lowest BCUT2D eigenvalue weighted by Gasteiger charge is -2.41. The molecule has 5 unspecified atom stereocenters. The smallest absolute Gasteiger partial charge is 0.311 e. The van der Waals surface area contributed by atoms with Crippen molar-refractivity contribution in [2.45, 2.75) is 20.3 Å². The molecule has 0 aromatic rings. The average Bonchev–Trinajstić information content (AvgIpc) is 2.45. The van der Waals surface area contributed by atoms with Crippen molar-refractivity contribution in [1.82, 2.24) is 0 Å². The van der Waals surface area contributed by atoms with E-state index in [2.05, 4.69) is 0 Å². The SMILES string of the molecule is CC1=CC(C(=O)O)C(C(=O)O)C2=C1C(C(=O)O)C(C(=O)O)CC2C. The van der Waals surface area contributed by atoms with Crippen molar-refractivity contribution >= 4 is 23.9 Å². The molecule has 8 heteroatoms. The predicted octanol–water partition coefficient (Wildman–Crippen LogP) is 1.09. The first-order chi connectivity index (χ1) is 11.1. The zero-order chi connectivity index (χ0) is 18.3. The van der Waals surface area contributed by atoms with E-state index in [0.29, 0.717) is 5.57 Å². The highest BCUT2D eigenvalue weighted by atomic mass is 16.4. The van der Waals surface area contributed by atoms with Crippen LogP contribution in [0.4, 0.5) is 0 Å². The number of aliphatic carboxylic acids is 4. The van der Waals surface area contributed by atoms with Crippen molar-refractivity contribution in [1.29, 1.82) is 0 Å². The van der Waals surface area contributed by atoms with Gasteiger partial charge in [0.2, 0.25) is 0 Å². The Balaban J connectivity index is 2.73. The van der Waals surface area contributed by atoms with Crippen molar-refractivity contribution < 1.29 is 39.6 Å². The van der Waals surface area contributed by atoms with Gasteiger partial charge in [0.15, 0.2) is 0 Å². The lowest BCUT2D eigenvalue weighted by molar-refractivity contribution is -0.154. The quantitative estimate of drug-likeness (QED) is 0.595. The van der Waals surface area contributed by atoms with E-state index in [0.717, 1.165) is 0 Å². The van der Waals surface area contributed by atoms with Crippen LogP contribution >= 0.6 is 0 Å². The molecule has 130 valence electrons. The minimum Gasteiger partial charge on any atom is -0.481 e. The summed E-state index contributed by atoms with van der Waals surface area (Å²) in [6.45, 7) is 3.10. The molecule has 2 aliphatic rings. The first-order valence-electron chi connectivity index (χ1n) is 7.41. The van der Waals surface area contributed by atoms with Crippen LogP contribution < -0.4 is 0 Å². The van der Waals surface area contributed by atoms with Crippen LogP contribution in [0.15, 0.2) is 22.8 Å². The molecule has 0 radical (unpaired) electrons. The average molecular weight is 338 g/mol. The molecule has 0 aromatic heterocycles. The molecule has 2 aliphatic carbocycles. The van der Waals surface area contributed by atoms with E-state index in [1.54, 1.807) is 6.92 Å². The monoisotopic (exact) mass is 338 g/mol. The van der Waals surface area contributed by atoms with Crippen molar-refractivity contribution in [3.05, 3.63) is 22.8 Å². The fourth-order valence-corrected chi connectivity index (χ4v) is 3.93. The normalized spacial score (nSPS) is 32.6.